The third-order valence-corrected chi connectivity index (χ3v) is 3.17. The highest BCUT2D eigenvalue weighted by atomic mass is 127. The molecular formula is C12H25IN4OS. The van der Waals surface area contributed by atoms with Crippen LogP contribution in [-0.2, 0) is 4.79 Å². The molecule has 0 spiro atoms. The number of carbonyl (C=O) groups excluding carboxylic acids is 1. The van der Waals surface area contributed by atoms with Crippen molar-refractivity contribution < 1.29 is 4.79 Å². The van der Waals surface area contributed by atoms with E-state index in [9.17, 15) is 4.79 Å². The second-order valence-electron chi connectivity index (χ2n) is 4.25. The molecule has 0 aromatic heterocycles. The van der Waals surface area contributed by atoms with Gasteiger partial charge in [0.1, 0.15) is 0 Å². The van der Waals surface area contributed by atoms with Crippen LogP contribution in [0, 0.1) is 5.92 Å². The molecule has 0 unspecified atom stereocenters. The zero-order valence-electron chi connectivity index (χ0n) is 11.7. The summed E-state index contributed by atoms with van der Waals surface area (Å²) in [5.41, 5.74) is 0. The standard InChI is InChI=1S/C12H24N4OS.HI/c1-3-13-12(16-8-9-18-2)15-7-6-14-11(17)10-4-5-10;/h10H,3-9H2,1-2H3,(H,14,17)(H2,13,15,16);1H. The SMILES string of the molecule is CCNC(=NCCSC)NCCNC(=O)C1CC1.I. The number of hydrogen-bond donors (Lipinski definition) is 3. The third-order valence-electron chi connectivity index (χ3n) is 2.57. The first kappa shape index (κ1) is 18.8. The fraction of sp³-hybridized carbons (Fsp3) is 0.833. The second-order valence-corrected chi connectivity index (χ2v) is 5.23. The molecule has 0 bridgehead atoms. The molecule has 1 amide bonds. The Morgan fingerprint density at radius 2 is 1.95 bits per heavy atom. The van der Waals surface area contributed by atoms with Crippen molar-refractivity contribution in [2.24, 2.45) is 10.9 Å². The van der Waals surface area contributed by atoms with E-state index in [2.05, 4.69) is 27.2 Å². The lowest BCUT2D eigenvalue weighted by Crippen LogP contribution is -2.41. The summed E-state index contributed by atoms with van der Waals surface area (Å²) in [7, 11) is 0. The molecule has 5 nitrogen and oxygen atoms in total. The lowest BCUT2D eigenvalue weighted by molar-refractivity contribution is -0.122. The van der Waals surface area contributed by atoms with Crippen molar-refractivity contribution in [2.75, 3.05) is 38.2 Å². The number of carbonyl (C=O) groups is 1. The van der Waals surface area contributed by atoms with Crippen LogP contribution in [0.15, 0.2) is 4.99 Å². The van der Waals surface area contributed by atoms with Crippen LogP contribution in [0.1, 0.15) is 19.8 Å². The summed E-state index contributed by atoms with van der Waals surface area (Å²) in [4.78, 5) is 15.8. The van der Waals surface area contributed by atoms with Crippen LogP contribution < -0.4 is 16.0 Å². The number of aliphatic imine (C=N–C) groups is 1. The van der Waals surface area contributed by atoms with Crippen molar-refractivity contribution in [3.8, 4) is 0 Å². The Hall–Kier alpha value is -0.180. The van der Waals surface area contributed by atoms with Crippen molar-refractivity contribution in [2.45, 2.75) is 19.8 Å². The maximum absolute atomic E-state index is 11.4. The lowest BCUT2D eigenvalue weighted by Gasteiger charge is -2.11. The van der Waals surface area contributed by atoms with Crippen molar-refractivity contribution in [1.82, 2.24) is 16.0 Å². The number of thioether (sulfide) groups is 1. The van der Waals surface area contributed by atoms with Crippen LogP contribution in [0.5, 0.6) is 0 Å². The van der Waals surface area contributed by atoms with Crippen LogP contribution in [0.25, 0.3) is 0 Å². The Bertz CT molecular complexity index is 285. The third kappa shape index (κ3) is 9.37. The van der Waals surface area contributed by atoms with Gasteiger partial charge < -0.3 is 16.0 Å². The lowest BCUT2D eigenvalue weighted by atomic mass is 10.4. The van der Waals surface area contributed by atoms with Crippen molar-refractivity contribution in [1.29, 1.82) is 0 Å². The molecule has 1 fully saturated rings. The van der Waals surface area contributed by atoms with Gasteiger partial charge in [-0.15, -0.1) is 24.0 Å². The average molecular weight is 400 g/mol. The first-order chi connectivity index (χ1) is 8.77. The van der Waals surface area contributed by atoms with E-state index in [1.165, 1.54) is 0 Å². The summed E-state index contributed by atoms with van der Waals surface area (Å²) in [5.74, 6) is 2.33. The Balaban J connectivity index is 0.00000324. The van der Waals surface area contributed by atoms with Gasteiger partial charge in [0.2, 0.25) is 5.91 Å². The highest BCUT2D eigenvalue weighted by molar-refractivity contribution is 14.0. The number of amides is 1. The minimum Gasteiger partial charge on any atom is -0.357 e. The highest BCUT2D eigenvalue weighted by Crippen LogP contribution is 2.28. The van der Waals surface area contributed by atoms with Crippen LogP contribution in [0.4, 0.5) is 0 Å². The largest absolute Gasteiger partial charge is 0.357 e. The van der Waals surface area contributed by atoms with Gasteiger partial charge in [-0.3, -0.25) is 9.79 Å². The molecule has 7 heteroatoms. The van der Waals surface area contributed by atoms with Gasteiger partial charge >= 0.3 is 0 Å². The van der Waals surface area contributed by atoms with Crippen molar-refractivity contribution >= 4 is 47.6 Å². The molecule has 0 aromatic carbocycles. The van der Waals surface area contributed by atoms with E-state index in [4.69, 9.17) is 0 Å². The first-order valence-electron chi connectivity index (χ1n) is 6.56. The van der Waals surface area contributed by atoms with Gasteiger partial charge in [-0.25, -0.2) is 0 Å². The van der Waals surface area contributed by atoms with Gasteiger partial charge in [-0.2, -0.15) is 11.8 Å². The zero-order valence-corrected chi connectivity index (χ0v) is 14.8. The van der Waals surface area contributed by atoms with Gasteiger partial charge in [-0.05, 0) is 26.0 Å². The molecule has 3 N–H and O–H groups in total. The van der Waals surface area contributed by atoms with E-state index in [0.717, 1.165) is 37.6 Å². The molecule has 1 aliphatic carbocycles. The van der Waals surface area contributed by atoms with Crippen LogP contribution in [-0.4, -0.2) is 50.1 Å². The van der Waals surface area contributed by atoms with E-state index in [1.807, 2.05) is 6.92 Å². The monoisotopic (exact) mass is 400 g/mol. The predicted octanol–water partition coefficient (Wildman–Crippen LogP) is 1.05. The average Bonchev–Trinajstić information content (AvgIpc) is 3.18. The highest BCUT2D eigenvalue weighted by Gasteiger charge is 2.28. The van der Waals surface area contributed by atoms with E-state index in [-0.39, 0.29) is 35.8 Å². The Morgan fingerprint density at radius 1 is 1.26 bits per heavy atom. The Labute approximate surface area is 137 Å². The van der Waals surface area contributed by atoms with E-state index in [0.29, 0.717) is 13.1 Å². The van der Waals surface area contributed by atoms with Gasteiger partial charge in [0.05, 0.1) is 6.54 Å². The Morgan fingerprint density at radius 3 is 2.53 bits per heavy atom. The first-order valence-corrected chi connectivity index (χ1v) is 7.96. The smallest absolute Gasteiger partial charge is 0.223 e. The van der Waals surface area contributed by atoms with Crippen LogP contribution in [0.2, 0.25) is 0 Å². The van der Waals surface area contributed by atoms with E-state index in [1.54, 1.807) is 11.8 Å². The molecule has 1 rings (SSSR count). The second kappa shape index (κ2) is 11.6. The maximum Gasteiger partial charge on any atom is 0.223 e. The molecule has 0 radical (unpaired) electrons. The summed E-state index contributed by atoms with van der Waals surface area (Å²) in [6, 6.07) is 0. The predicted molar refractivity (Wildman–Crippen MR) is 93.5 cm³/mol. The molecule has 0 atom stereocenters. The summed E-state index contributed by atoms with van der Waals surface area (Å²) < 4.78 is 0. The molecule has 112 valence electrons. The fourth-order valence-corrected chi connectivity index (χ4v) is 1.72. The normalized spacial score (nSPS) is 14.5. The zero-order chi connectivity index (χ0) is 13.2. The molecule has 1 saturated carbocycles. The van der Waals surface area contributed by atoms with Gasteiger partial charge in [0.15, 0.2) is 5.96 Å². The minimum atomic E-state index is 0. The Kier molecular flexibility index (Phi) is 11.5. The van der Waals surface area contributed by atoms with Gasteiger partial charge in [-0.1, -0.05) is 0 Å². The summed E-state index contributed by atoms with van der Waals surface area (Å²) in [6.07, 6.45) is 4.18. The molecule has 0 aliphatic heterocycles. The van der Waals surface area contributed by atoms with Crippen LogP contribution >= 0.6 is 35.7 Å². The quantitative estimate of drug-likeness (QED) is 0.247. The molecule has 0 saturated heterocycles. The molecule has 1 aliphatic rings. The van der Waals surface area contributed by atoms with E-state index < -0.39 is 0 Å². The summed E-state index contributed by atoms with van der Waals surface area (Å²) >= 11 is 1.78. The number of guanidine groups is 1. The van der Waals surface area contributed by atoms with Crippen LogP contribution in [0.3, 0.4) is 0 Å². The van der Waals surface area contributed by atoms with E-state index >= 15 is 0 Å². The number of halogens is 1. The van der Waals surface area contributed by atoms with Crippen molar-refractivity contribution in [3.05, 3.63) is 0 Å². The number of hydrogen-bond acceptors (Lipinski definition) is 3. The number of rotatable bonds is 8. The number of nitrogens with zero attached hydrogens (tertiary/aromatic N) is 1. The molecular weight excluding hydrogens is 375 g/mol. The van der Waals surface area contributed by atoms with Crippen molar-refractivity contribution in [3.63, 3.8) is 0 Å². The maximum atomic E-state index is 11.4. The fourth-order valence-electron chi connectivity index (χ4n) is 1.45. The minimum absolute atomic E-state index is 0. The molecule has 0 aromatic rings. The van der Waals surface area contributed by atoms with Gasteiger partial charge in [0, 0.05) is 31.3 Å². The summed E-state index contributed by atoms with van der Waals surface area (Å²) in [5, 5.41) is 9.31. The topological polar surface area (TPSA) is 65.5 Å². The summed E-state index contributed by atoms with van der Waals surface area (Å²) in [6.45, 7) is 5.07. The molecule has 19 heavy (non-hydrogen) atoms. The van der Waals surface area contributed by atoms with Gasteiger partial charge in [0.25, 0.3) is 0 Å². The number of nitrogens with one attached hydrogen (secondary N) is 3. The molecule has 0 heterocycles.